The van der Waals surface area contributed by atoms with Gasteiger partial charge in [0, 0.05) is 11.5 Å². The highest BCUT2D eigenvalue weighted by Gasteiger charge is 2.12. The summed E-state index contributed by atoms with van der Waals surface area (Å²) in [7, 11) is 1.32. The molecule has 0 aromatic carbocycles. The SMILES string of the molecule is COC(=O)c1cc(Cl)cnc1CBr. The first-order chi connectivity index (χ1) is 6.19. The van der Waals surface area contributed by atoms with Crippen molar-refractivity contribution in [1.82, 2.24) is 4.98 Å². The zero-order valence-electron chi connectivity index (χ0n) is 6.88. The minimum Gasteiger partial charge on any atom is -0.465 e. The molecule has 0 N–H and O–H groups in total. The maximum Gasteiger partial charge on any atom is 0.339 e. The lowest BCUT2D eigenvalue weighted by Gasteiger charge is -2.03. The van der Waals surface area contributed by atoms with Crippen LogP contribution in [0.4, 0.5) is 0 Å². The van der Waals surface area contributed by atoms with Gasteiger partial charge in [0.2, 0.25) is 0 Å². The van der Waals surface area contributed by atoms with E-state index in [1.54, 1.807) is 0 Å². The maximum absolute atomic E-state index is 11.2. The molecule has 0 atom stereocenters. The van der Waals surface area contributed by atoms with Gasteiger partial charge in [-0.25, -0.2) is 4.79 Å². The summed E-state index contributed by atoms with van der Waals surface area (Å²) in [4.78, 5) is 15.2. The first-order valence-corrected chi connectivity index (χ1v) is 4.97. The molecular formula is C8H7BrClNO2. The number of alkyl halides is 1. The van der Waals surface area contributed by atoms with Crippen molar-refractivity contribution >= 4 is 33.5 Å². The van der Waals surface area contributed by atoms with Gasteiger partial charge in [-0.2, -0.15) is 0 Å². The van der Waals surface area contributed by atoms with Crippen LogP contribution >= 0.6 is 27.5 Å². The second-order valence-corrected chi connectivity index (χ2v) is 3.27. The number of methoxy groups -OCH3 is 1. The van der Waals surface area contributed by atoms with E-state index in [1.807, 2.05) is 0 Å². The summed E-state index contributed by atoms with van der Waals surface area (Å²) in [5, 5.41) is 0.916. The van der Waals surface area contributed by atoms with Crippen LogP contribution in [-0.4, -0.2) is 18.1 Å². The van der Waals surface area contributed by atoms with Gasteiger partial charge < -0.3 is 4.74 Å². The standard InChI is InChI=1S/C8H7BrClNO2/c1-13-8(12)6-2-5(10)4-11-7(6)3-9/h2,4H,3H2,1H3. The lowest BCUT2D eigenvalue weighted by molar-refractivity contribution is 0.0599. The average Bonchev–Trinajstić information content (AvgIpc) is 2.16. The van der Waals surface area contributed by atoms with Crippen molar-refractivity contribution < 1.29 is 9.53 Å². The van der Waals surface area contributed by atoms with Gasteiger partial charge in [-0.15, -0.1) is 0 Å². The number of rotatable bonds is 2. The molecule has 3 nitrogen and oxygen atoms in total. The van der Waals surface area contributed by atoms with Crippen LogP contribution in [-0.2, 0) is 10.1 Å². The number of ether oxygens (including phenoxy) is 1. The molecular weight excluding hydrogens is 257 g/mol. The Bertz CT molecular complexity index is 330. The van der Waals surface area contributed by atoms with Crippen LogP contribution in [0.25, 0.3) is 0 Å². The Morgan fingerprint density at radius 2 is 2.46 bits per heavy atom. The largest absolute Gasteiger partial charge is 0.465 e. The van der Waals surface area contributed by atoms with E-state index >= 15 is 0 Å². The first-order valence-electron chi connectivity index (χ1n) is 3.47. The van der Waals surface area contributed by atoms with E-state index in [2.05, 4.69) is 25.7 Å². The smallest absolute Gasteiger partial charge is 0.339 e. The van der Waals surface area contributed by atoms with E-state index in [9.17, 15) is 4.79 Å². The van der Waals surface area contributed by atoms with Crippen molar-refractivity contribution in [2.75, 3.05) is 7.11 Å². The summed E-state index contributed by atoms with van der Waals surface area (Å²) in [6.07, 6.45) is 1.49. The number of esters is 1. The van der Waals surface area contributed by atoms with Crippen molar-refractivity contribution in [2.24, 2.45) is 0 Å². The quantitative estimate of drug-likeness (QED) is 0.608. The molecule has 1 aromatic heterocycles. The number of hydrogen-bond acceptors (Lipinski definition) is 3. The number of hydrogen-bond donors (Lipinski definition) is 0. The summed E-state index contributed by atoms with van der Waals surface area (Å²) in [5.74, 6) is -0.426. The highest BCUT2D eigenvalue weighted by molar-refractivity contribution is 9.08. The Morgan fingerprint density at radius 3 is 3.00 bits per heavy atom. The van der Waals surface area contributed by atoms with Gasteiger partial charge in [-0.3, -0.25) is 4.98 Å². The summed E-state index contributed by atoms with van der Waals surface area (Å²) in [6, 6.07) is 1.54. The number of halogens is 2. The van der Waals surface area contributed by atoms with Gasteiger partial charge in [0.25, 0.3) is 0 Å². The minimum absolute atomic E-state index is 0.395. The molecule has 0 fully saturated rings. The molecule has 1 aromatic rings. The van der Waals surface area contributed by atoms with E-state index in [0.717, 1.165) is 0 Å². The zero-order valence-corrected chi connectivity index (χ0v) is 9.22. The molecule has 0 saturated heterocycles. The normalized spacial score (nSPS) is 9.77. The van der Waals surface area contributed by atoms with E-state index in [4.69, 9.17) is 11.6 Å². The third-order valence-corrected chi connectivity index (χ3v) is 2.21. The number of carbonyl (C=O) groups excluding carboxylic acids is 1. The minimum atomic E-state index is -0.426. The van der Waals surface area contributed by atoms with Crippen LogP contribution in [0.1, 0.15) is 16.1 Å². The fourth-order valence-corrected chi connectivity index (χ4v) is 1.47. The Hall–Kier alpha value is -0.610. The van der Waals surface area contributed by atoms with Crippen molar-refractivity contribution in [3.8, 4) is 0 Å². The Kier molecular flexibility index (Phi) is 3.69. The molecule has 1 rings (SSSR count). The topological polar surface area (TPSA) is 39.2 Å². The molecule has 0 aliphatic carbocycles. The molecule has 0 bridgehead atoms. The van der Waals surface area contributed by atoms with Gasteiger partial charge >= 0.3 is 5.97 Å². The molecule has 5 heteroatoms. The summed E-state index contributed by atoms with van der Waals surface area (Å²) in [5.41, 5.74) is 1.02. The van der Waals surface area contributed by atoms with Crippen molar-refractivity contribution in [3.05, 3.63) is 28.5 Å². The lowest BCUT2D eigenvalue weighted by atomic mass is 10.2. The molecule has 0 aliphatic rings. The third-order valence-electron chi connectivity index (χ3n) is 1.47. The van der Waals surface area contributed by atoms with Crippen LogP contribution in [0.15, 0.2) is 12.3 Å². The van der Waals surface area contributed by atoms with Crippen LogP contribution in [0.3, 0.4) is 0 Å². The van der Waals surface area contributed by atoms with E-state index in [0.29, 0.717) is 21.6 Å². The summed E-state index contributed by atoms with van der Waals surface area (Å²) < 4.78 is 4.58. The predicted molar refractivity (Wildman–Crippen MR) is 53.2 cm³/mol. The van der Waals surface area contributed by atoms with Crippen LogP contribution < -0.4 is 0 Å². The van der Waals surface area contributed by atoms with Crippen molar-refractivity contribution in [1.29, 1.82) is 0 Å². The van der Waals surface area contributed by atoms with Crippen LogP contribution in [0, 0.1) is 0 Å². The second kappa shape index (κ2) is 4.58. The molecule has 70 valence electrons. The predicted octanol–water partition coefficient (Wildman–Crippen LogP) is 2.42. The number of pyridine rings is 1. The molecule has 0 amide bonds. The van der Waals surface area contributed by atoms with Gasteiger partial charge in [0.1, 0.15) is 0 Å². The highest BCUT2D eigenvalue weighted by atomic mass is 79.9. The molecule has 0 spiro atoms. The fourth-order valence-electron chi connectivity index (χ4n) is 0.861. The number of carbonyl (C=O) groups is 1. The molecule has 0 aliphatic heterocycles. The Balaban J connectivity index is 3.15. The van der Waals surface area contributed by atoms with Crippen molar-refractivity contribution in [3.63, 3.8) is 0 Å². The third kappa shape index (κ3) is 2.42. The van der Waals surface area contributed by atoms with Crippen molar-refractivity contribution in [2.45, 2.75) is 5.33 Å². The molecule has 0 unspecified atom stereocenters. The van der Waals surface area contributed by atoms with Gasteiger partial charge in [-0.1, -0.05) is 27.5 Å². The summed E-state index contributed by atoms with van der Waals surface area (Å²) in [6.45, 7) is 0. The number of aromatic nitrogens is 1. The van der Waals surface area contributed by atoms with Gasteiger partial charge in [-0.05, 0) is 6.07 Å². The van der Waals surface area contributed by atoms with E-state index in [1.165, 1.54) is 19.4 Å². The highest BCUT2D eigenvalue weighted by Crippen LogP contribution is 2.16. The monoisotopic (exact) mass is 263 g/mol. The number of nitrogens with zero attached hydrogens (tertiary/aromatic N) is 1. The average molecular weight is 265 g/mol. The molecule has 0 radical (unpaired) electrons. The zero-order chi connectivity index (χ0) is 9.84. The van der Waals surface area contributed by atoms with Gasteiger partial charge in [0.05, 0.1) is 23.4 Å². The van der Waals surface area contributed by atoms with Crippen LogP contribution in [0.5, 0.6) is 0 Å². The summed E-state index contributed by atoms with van der Waals surface area (Å²) >= 11 is 8.91. The Morgan fingerprint density at radius 1 is 1.77 bits per heavy atom. The molecule has 13 heavy (non-hydrogen) atoms. The van der Waals surface area contributed by atoms with Crippen LogP contribution in [0.2, 0.25) is 5.02 Å². The lowest BCUT2D eigenvalue weighted by Crippen LogP contribution is -2.06. The van der Waals surface area contributed by atoms with E-state index in [-0.39, 0.29) is 0 Å². The van der Waals surface area contributed by atoms with E-state index < -0.39 is 5.97 Å². The molecule has 1 heterocycles. The maximum atomic E-state index is 11.2. The molecule has 0 saturated carbocycles. The van der Waals surface area contributed by atoms with Gasteiger partial charge in [0.15, 0.2) is 0 Å². The Labute approximate surface area is 89.2 Å². The fraction of sp³-hybridized carbons (Fsp3) is 0.250. The second-order valence-electron chi connectivity index (χ2n) is 2.27. The first kappa shape index (κ1) is 10.5.